The lowest BCUT2D eigenvalue weighted by atomic mass is 10.0. The van der Waals surface area contributed by atoms with Crippen LogP contribution >= 0.6 is 0 Å². The van der Waals surface area contributed by atoms with E-state index in [1.165, 1.54) is 4.90 Å². The van der Waals surface area contributed by atoms with Crippen molar-refractivity contribution in [1.29, 1.82) is 0 Å². The minimum absolute atomic E-state index is 0.332. The van der Waals surface area contributed by atoms with Gasteiger partial charge in [-0.15, -0.1) is 0 Å². The first-order chi connectivity index (χ1) is 23.7. The second-order valence-electron chi connectivity index (χ2n) is 11.8. The molecule has 0 unspecified atom stereocenters. The van der Waals surface area contributed by atoms with Crippen molar-refractivity contribution < 1.29 is 9.59 Å². The second kappa shape index (κ2) is 11.0. The summed E-state index contributed by atoms with van der Waals surface area (Å²) >= 11 is 0. The molecule has 3 aromatic heterocycles. The summed E-state index contributed by atoms with van der Waals surface area (Å²) in [7, 11) is 0. The first-order valence-corrected chi connectivity index (χ1v) is 15.7. The molecule has 0 spiro atoms. The van der Waals surface area contributed by atoms with Gasteiger partial charge in [0.1, 0.15) is 0 Å². The van der Waals surface area contributed by atoms with Crippen LogP contribution in [0.25, 0.3) is 60.9 Å². The Morgan fingerprint density at radius 1 is 0.417 bits per heavy atom. The van der Waals surface area contributed by atoms with E-state index in [1.54, 1.807) is 30.9 Å². The van der Waals surface area contributed by atoms with Crippen LogP contribution in [0.5, 0.6) is 0 Å². The zero-order valence-corrected chi connectivity index (χ0v) is 25.6. The lowest BCUT2D eigenvalue weighted by Gasteiger charge is -2.18. The molecule has 0 N–H and O–H groups in total. The normalized spacial score (nSPS) is 12.6. The molecular weight excluding hydrogens is 592 g/mol. The highest BCUT2D eigenvalue weighted by molar-refractivity contribution is 6.36. The predicted molar refractivity (Wildman–Crippen MR) is 190 cm³/mol. The number of carbonyl (C=O) groups is 2. The van der Waals surface area contributed by atoms with Crippen molar-refractivity contribution >= 4 is 39.3 Å². The summed E-state index contributed by atoms with van der Waals surface area (Å²) in [6.45, 7) is 0. The molecule has 4 heterocycles. The Balaban J connectivity index is 1.27. The number of hydrogen-bond acceptors (Lipinski definition) is 4. The number of para-hydroxylation sites is 1. The van der Waals surface area contributed by atoms with E-state index >= 15 is 0 Å². The molecule has 8 aromatic rings. The van der Waals surface area contributed by atoms with Crippen LogP contribution in [-0.4, -0.2) is 26.3 Å². The van der Waals surface area contributed by atoms with Gasteiger partial charge in [-0.3, -0.25) is 19.6 Å². The summed E-state index contributed by atoms with van der Waals surface area (Å²) in [5, 5.41) is 2.08. The van der Waals surface area contributed by atoms with Gasteiger partial charge in [0, 0.05) is 41.1 Å². The number of rotatable bonds is 5. The number of aromatic nitrogens is 3. The molecule has 48 heavy (non-hydrogen) atoms. The van der Waals surface area contributed by atoms with E-state index in [9.17, 15) is 9.59 Å². The molecule has 1 aliphatic rings. The Morgan fingerprint density at radius 3 is 1.58 bits per heavy atom. The number of hydrogen-bond donors (Lipinski definition) is 0. The standard InChI is InChI=1S/C42H26N4O2/c47-41-33-10-6-12-39(40(33)42(48)46(41)36-11-5-4-9-32(36)29-7-2-1-3-8-29)45-37-15-13-30(27-17-21-43-22-18-27)25-34(37)35-26-31(14-16-38(35)45)28-19-23-44-24-20-28/h1-26H. The average Bonchev–Trinajstić information content (AvgIpc) is 3.62. The number of nitrogens with zero attached hydrogens (tertiary/aromatic N) is 4. The first-order valence-electron chi connectivity index (χ1n) is 15.7. The van der Waals surface area contributed by atoms with Crippen molar-refractivity contribution in [2.24, 2.45) is 0 Å². The fourth-order valence-electron chi connectivity index (χ4n) is 6.93. The number of fused-ring (bicyclic) bond motifs is 4. The largest absolute Gasteiger partial charge is 0.308 e. The minimum Gasteiger partial charge on any atom is -0.308 e. The average molecular weight is 619 g/mol. The maximum absolute atomic E-state index is 14.5. The number of anilines is 1. The molecule has 6 nitrogen and oxygen atoms in total. The van der Waals surface area contributed by atoms with E-state index in [1.807, 2.05) is 91.0 Å². The molecule has 9 rings (SSSR count). The van der Waals surface area contributed by atoms with Gasteiger partial charge >= 0.3 is 0 Å². The van der Waals surface area contributed by atoms with Crippen LogP contribution in [0, 0.1) is 0 Å². The quantitative estimate of drug-likeness (QED) is 0.180. The Bertz CT molecular complexity index is 2440. The fourth-order valence-corrected chi connectivity index (χ4v) is 6.93. The van der Waals surface area contributed by atoms with Gasteiger partial charge in [-0.1, -0.05) is 66.7 Å². The Hall–Kier alpha value is -6.66. The van der Waals surface area contributed by atoms with Gasteiger partial charge in [-0.05, 0) is 94.5 Å². The van der Waals surface area contributed by atoms with Gasteiger partial charge in [0.25, 0.3) is 11.8 Å². The van der Waals surface area contributed by atoms with Crippen LogP contribution in [-0.2, 0) is 0 Å². The van der Waals surface area contributed by atoms with Crippen LogP contribution in [0.4, 0.5) is 5.69 Å². The molecule has 6 heteroatoms. The minimum atomic E-state index is -0.342. The summed E-state index contributed by atoms with van der Waals surface area (Å²) in [5.74, 6) is -0.674. The third kappa shape index (κ3) is 4.27. The number of benzene rings is 5. The first kappa shape index (κ1) is 27.6. The molecule has 0 fully saturated rings. The van der Waals surface area contributed by atoms with Crippen LogP contribution in [0.3, 0.4) is 0 Å². The second-order valence-corrected chi connectivity index (χ2v) is 11.8. The van der Waals surface area contributed by atoms with Crippen molar-refractivity contribution in [3.05, 3.63) is 169 Å². The van der Waals surface area contributed by atoms with Gasteiger partial charge in [0.05, 0.1) is 33.5 Å². The van der Waals surface area contributed by atoms with E-state index in [0.29, 0.717) is 22.5 Å². The molecule has 5 aromatic carbocycles. The maximum Gasteiger partial charge on any atom is 0.268 e. The van der Waals surface area contributed by atoms with E-state index in [-0.39, 0.29) is 11.8 Å². The smallest absolute Gasteiger partial charge is 0.268 e. The highest BCUT2D eigenvalue weighted by Gasteiger charge is 2.40. The van der Waals surface area contributed by atoms with Crippen molar-refractivity contribution in [3.8, 4) is 39.1 Å². The lowest BCUT2D eigenvalue weighted by Crippen LogP contribution is -2.30. The van der Waals surface area contributed by atoms with E-state index in [4.69, 9.17) is 0 Å². The molecule has 0 saturated carbocycles. The molecule has 0 radical (unpaired) electrons. The van der Waals surface area contributed by atoms with Crippen LogP contribution < -0.4 is 4.90 Å². The topological polar surface area (TPSA) is 68.1 Å². The summed E-state index contributed by atoms with van der Waals surface area (Å²) in [5.41, 5.74) is 9.87. The van der Waals surface area contributed by atoms with E-state index in [0.717, 1.165) is 55.2 Å². The summed E-state index contributed by atoms with van der Waals surface area (Å²) in [6.07, 6.45) is 7.17. The number of amides is 2. The van der Waals surface area contributed by atoms with Gasteiger partial charge < -0.3 is 4.57 Å². The molecule has 1 aliphatic heterocycles. The van der Waals surface area contributed by atoms with Crippen molar-refractivity contribution in [3.63, 3.8) is 0 Å². The highest BCUT2D eigenvalue weighted by Crippen LogP contribution is 2.41. The number of imide groups is 1. The number of pyridine rings is 2. The van der Waals surface area contributed by atoms with Crippen molar-refractivity contribution in [2.75, 3.05) is 4.90 Å². The monoisotopic (exact) mass is 618 g/mol. The van der Waals surface area contributed by atoms with Gasteiger partial charge in [-0.2, -0.15) is 0 Å². The molecule has 2 amide bonds. The predicted octanol–water partition coefficient (Wildman–Crippen LogP) is 9.38. The number of carbonyl (C=O) groups excluding carboxylic acids is 2. The van der Waals surface area contributed by atoms with Gasteiger partial charge in [0.2, 0.25) is 0 Å². The zero-order chi connectivity index (χ0) is 32.2. The molecular formula is C42H26N4O2. The van der Waals surface area contributed by atoms with Crippen molar-refractivity contribution in [2.45, 2.75) is 0 Å². The molecule has 0 bridgehead atoms. The maximum atomic E-state index is 14.5. The zero-order valence-electron chi connectivity index (χ0n) is 25.6. The van der Waals surface area contributed by atoms with Gasteiger partial charge in [0.15, 0.2) is 0 Å². The summed E-state index contributed by atoms with van der Waals surface area (Å²) in [6, 6.07) is 43.7. The van der Waals surface area contributed by atoms with Crippen LogP contribution in [0.2, 0.25) is 0 Å². The van der Waals surface area contributed by atoms with Crippen molar-refractivity contribution in [1.82, 2.24) is 14.5 Å². The Kier molecular flexibility index (Phi) is 6.33. The highest BCUT2D eigenvalue weighted by atomic mass is 16.2. The third-order valence-corrected chi connectivity index (χ3v) is 9.16. The van der Waals surface area contributed by atoms with Crippen LogP contribution in [0.1, 0.15) is 20.7 Å². The molecule has 0 atom stereocenters. The lowest BCUT2D eigenvalue weighted by molar-refractivity contribution is 0.0926. The fraction of sp³-hybridized carbons (Fsp3) is 0. The SMILES string of the molecule is O=C1c2cccc(-n3c4ccc(-c5ccncc5)cc4c4cc(-c5ccncc5)ccc43)c2C(=O)N1c1ccccc1-c1ccccc1. The third-order valence-electron chi connectivity index (χ3n) is 9.16. The summed E-state index contributed by atoms with van der Waals surface area (Å²) in [4.78, 5) is 38.4. The molecule has 0 aliphatic carbocycles. The molecule has 0 saturated heterocycles. The van der Waals surface area contributed by atoms with E-state index < -0.39 is 0 Å². The van der Waals surface area contributed by atoms with E-state index in [2.05, 4.69) is 50.9 Å². The molecule has 226 valence electrons. The van der Waals surface area contributed by atoms with Crippen LogP contribution in [0.15, 0.2) is 158 Å². The van der Waals surface area contributed by atoms with Gasteiger partial charge in [-0.25, -0.2) is 4.90 Å². The Morgan fingerprint density at radius 2 is 0.958 bits per heavy atom. The summed E-state index contributed by atoms with van der Waals surface area (Å²) < 4.78 is 2.12. The Labute approximate surface area is 276 Å².